The van der Waals surface area contributed by atoms with E-state index in [4.69, 9.17) is 5.73 Å². The molecule has 5 nitrogen and oxygen atoms in total. The van der Waals surface area contributed by atoms with Gasteiger partial charge in [0.2, 0.25) is 0 Å². The minimum absolute atomic E-state index is 0.128. The second-order valence-corrected chi connectivity index (χ2v) is 6.07. The smallest absolute Gasteiger partial charge is 0.253 e. The van der Waals surface area contributed by atoms with Crippen LogP contribution in [-0.2, 0) is 6.54 Å². The van der Waals surface area contributed by atoms with Crippen LogP contribution in [0.4, 0.5) is 0 Å². The number of hydrogen-bond acceptors (Lipinski definition) is 4. The largest absolute Gasteiger partial charge is 0.336 e. The summed E-state index contributed by atoms with van der Waals surface area (Å²) in [7, 11) is 0. The van der Waals surface area contributed by atoms with Crippen LogP contribution in [0.1, 0.15) is 29.8 Å². The Morgan fingerprint density at radius 2 is 1.87 bits per heavy atom. The van der Waals surface area contributed by atoms with Crippen molar-refractivity contribution >= 4 is 5.91 Å². The summed E-state index contributed by atoms with van der Waals surface area (Å²) >= 11 is 0. The fourth-order valence-corrected chi connectivity index (χ4v) is 3.01. The van der Waals surface area contributed by atoms with Crippen molar-refractivity contribution in [2.45, 2.75) is 20.4 Å². The van der Waals surface area contributed by atoms with E-state index in [1.165, 1.54) is 0 Å². The van der Waals surface area contributed by atoms with E-state index in [1.807, 2.05) is 29.2 Å². The number of nitrogens with zero attached hydrogens (tertiary/aromatic N) is 3. The van der Waals surface area contributed by atoms with Crippen molar-refractivity contribution in [2.24, 2.45) is 5.73 Å². The van der Waals surface area contributed by atoms with Crippen molar-refractivity contribution in [2.75, 3.05) is 52.4 Å². The Morgan fingerprint density at radius 3 is 2.48 bits per heavy atom. The lowest BCUT2D eigenvalue weighted by Gasteiger charge is -2.35. The molecular formula is C18H30N4O. The molecule has 1 amide bonds. The maximum Gasteiger partial charge on any atom is 0.253 e. The number of piperazine rings is 1. The van der Waals surface area contributed by atoms with Crippen molar-refractivity contribution in [3.8, 4) is 0 Å². The second kappa shape index (κ2) is 9.01. The van der Waals surface area contributed by atoms with Gasteiger partial charge in [-0.15, -0.1) is 0 Å². The number of amides is 1. The van der Waals surface area contributed by atoms with Gasteiger partial charge in [0.25, 0.3) is 5.91 Å². The van der Waals surface area contributed by atoms with E-state index in [-0.39, 0.29) is 5.91 Å². The molecule has 128 valence electrons. The lowest BCUT2D eigenvalue weighted by molar-refractivity contribution is 0.0624. The standard InChI is InChI=1S/C18H30N4O/c1-3-20(4-2)8-9-21-10-12-22(13-11-21)18(23)17-7-5-6-16(14-17)15-19/h5-7,14H,3-4,8-13,15,19H2,1-2H3. The van der Waals surface area contributed by atoms with Crippen LogP contribution in [0.15, 0.2) is 24.3 Å². The highest BCUT2D eigenvalue weighted by atomic mass is 16.2. The van der Waals surface area contributed by atoms with Gasteiger partial charge in [0.15, 0.2) is 0 Å². The zero-order chi connectivity index (χ0) is 16.7. The third-order valence-corrected chi connectivity index (χ3v) is 4.70. The van der Waals surface area contributed by atoms with Crippen LogP contribution in [0.5, 0.6) is 0 Å². The van der Waals surface area contributed by atoms with Gasteiger partial charge in [0, 0.05) is 51.4 Å². The number of nitrogens with two attached hydrogens (primary N) is 1. The summed E-state index contributed by atoms with van der Waals surface area (Å²) < 4.78 is 0. The minimum atomic E-state index is 0.128. The molecule has 1 aliphatic rings. The van der Waals surface area contributed by atoms with Crippen LogP contribution in [0.3, 0.4) is 0 Å². The molecule has 1 aromatic rings. The molecule has 0 saturated carbocycles. The third-order valence-electron chi connectivity index (χ3n) is 4.70. The second-order valence-electron chi connectivity index (χ2n) is 6.07. The van der Waals surface area contributed by atoms with Crippen molar-refractivity contribution < 1.29 is 4.79 Å². The first kappa shape index (κ1) is 17.9. The Bertz CT molecular complexity index is 494. The van der Waals surface area contributed by atoms with Crippen molar-refractivity contribution in [1.29, 1.82) is 0 Å². The number of hydrogen-bond donors (Lipinski definition) is 1. The van der Waals surface area contributed by atoms with Crippen LogP contribution < -0.4 is 5.73 Å². The molecule has 1 saturated heterocycles. The van der Waals surface area contributed by atoms with Gasteiger partial charge in [-0.05, 0) is 30.8 Å². The van der Waals surface area contributed by atoms with Crippen LogP contribution in [0.25, 0.3) is 0 Å². The lowest BCUT2D eigenvalue weighted by atomic mass is 10.1. The molecule has 0 unspecified atom stereocenters. The fourth-order valence-electron chi connectivity index (χ4n) is 3.01. The number of likely N-dealkylation sites (N-methyl/N-ethyl adjacent to an activating group) is 1. The summed E-state index contributed by atoms with van der Waals surface area (Å²) in [4.78, 5) is 19.5. The summed E-state index contributed by atoms with van der Waals surface area (Å²) in [5.41, 5.74) is 7.42. The van der Waals surface area contributed by atoms with Crippen molar-refractivity contribution in [3.05, 3.63) is 35.4 Å². The summed E-state index contributed by atoms with van der Waals surface area (Å²) in [6.07, 6.45) is 0. The molecule has 5 heteroatoms. The third kappa shape index (κ3) is 5.03. The topological polar surface area (TPSA) is 52.8 Å². The van der Waals surface area contributed by atoms with Crippen molar-refractivity contribution in [3.63, 3.8) is 0 Å². The van der Waals surface area contributed by atoms with E-state index in [2.05, 4.69) is 23.6 Å². The highest BCUT2D eigenvalue weighted by molar-refractivity contribution is 5.94. The molecule has 2 N–H and O–H groups in total. The van der Waals surface area contributed by atoms with E-state index >= 15 is 0 Å². The highest BCUT2D eigenvalue weighted by Crippen LogP contribution is 2.11. The molecule has 23 heavy (non-hydrogen) atoms. The minimum Gasteiger partial charge on any atom is -0.336 e. The maximum atomic E-state index is 12.6. The van der Waals surface area contributed by atoms with E-state index in [1.54, 1.807) is 0 Å². The summed E-state index contributed by atoms with van der Waals surface area (Å²) in [6, 6.07) is 7.67. The van der Waals surface area contributed by atoms with Crippen LogP contribution >= 0.6 is 0 Å². The number of carbonyl (C=O) groups is 1. The van der Waals surface area contributed by atoms with Crippen LogP contribution in [0, 0.1) is 0 Å². The molecule has 0 spiro atoms. The Hall–Kier alpha value is -1.43. The van der Waals surface area contributed by atoms with Gasteiger partial charge in [0.1, 0.15) is 0 Å². The Kier molecular flexibility index (Phi) is 7.02. The molecule has 1 fully saturated rings. The van der Waals surface area contributed by atoms with E-state index in [9.17, 15) is 4.79 Å². The first-order valence-electron chi connectivity index (χ1n) is 8.70. The quantitative estimate of drug-likeness (QED) is 0.822. The number of benzene rings is 1. The monoisotopic (exact) mass is 318 g/mol. The average Bonchev–Trinajstić information content (AvgIpc) is 2.62. The predicted molar refractivity (Wildman–Crippen MR) is 94.5 cm³/mol. The average molecular weight is 318 g/mol. The van der Waals surface area contributed by atoms with Gasteiger partial charge < -0.3 is 15.5 Å². The highest BCUT2D eigenvalue weighted by Gasteiger charge is 2.22. The van der Waals surface area contributed by atoms with Gasteiger partial charge in [-0.1, -0.05) is 26.0 Å². The van der Waals surface area contributed by atoms with E-state index in [0.29, 0.717) is 6.54 Å². The number of carbonyl (C=O) groups excluding carboxylic acids is 1. The van der Waals surface area contributed by atoms with Crippen LogP contribution in [-0.4, -0.2) is 73.0 Å². The Labute approximate surface area is 140 Å². The molecule has 0 aromatic heterocycles. The zero-order valence-electron chi connectivity index (χ0n) is 14.5. The molecular weight excluding hydrogens is 288 g/mol. The van der Waals surface area contributed by atoms with Gasteiger partial charge in [0.05, 0.1) is 0 Å². The fraction of sp³-hybridized carbons (Fsp3) is 0.611. The molecule has 0 radical (unpaired) electrons. The lowest BCUT2D eigenvalue weighted by Crippen LogP contribution is -2.50. The molecule has 1 heterocycles. The maximum absolute atomic E-state index is 12.6. The van der Waals surface area contributed by atoms with Crippen LogP contribution in [0.2, 0.25) is 0 Å². The van der Waals surface area contributed by atoms with E-state index in [0.717, 1.165) is 63.5 Å². The SMILES string of the molecule is CCN(CC)CCN1CCN(C(=O)c2cccc(CN)c2)CC1. The summed E-state index contributed by atoms with van der Waals surface area (Å²) in [5, 5.41) is 0. The van der Waals surface area contributed by atoms with Gasteiger partial charge in [-0.25, -0.2) is 0 Å². The Morgan fingerprint density at radius 1 is 1.17 bits per heavy atom. The molecule has 0 bridgehead atoms. The summed E-state index contributed by atoms with van der Waals surface area (Å²) in [5.74, 6) is 0.128. The molecule has 0 atom stereocenters. The van der Waals surface area contributed by atoms with Gasteiger partial charge in [-0.3, -0.25) is 9.69 Å². The van der Waals surface area contributed by atoms with Gasteiger partial charge >= 0.3 is 0 Å². The first-order valence-corrected chi connectivity index (χ1v) is 8.70. The Balaban J connectivity index is 1.82. The molecule has 0 aliphatic carbocycles. The first-order chi connectivity index (χ1) is 11.2. The zero-order valence-corrected chi connectivity index (χ0v) is 14.5. The normalized spacial score (nSPS) is 16.1. The molecule has 1 aromatic carbocycles. The van der Waals surface area contributed by atoms with Crippen molar-refractivity contribution in [1.82, 2.24) is 14.7 Å². The molecule has 1 aliphatic heterocycles. The molecule has 2 rings (SSSR count). The van der Waals surface area contributed by atoms with E-state index < -0.39 is 0 Å². The van der Waals surface area contributed by atoms with Gasteiger partial charge in [-0.2, -0.15) is 0 Å². The summed E-state index contributed by atoms with van der Waals surface area (Å²) in [6.45, 7) is 12.8. The predicted octanol–water partition coefficient (Wildman–Crippen LogP) is 1.24. The number of rotatable bonds is 7.